The monoisotopic (exact) mass is 278 g/mol. The third-order valence-electron chi connectivity index (χ3n) is 3.27. The average molecular weight is 278 g/mol. The molecular weight excluding hydrogens is 256 g/mol. The first-order valence-corrected chi connectivity index (χ1v) is 6.95. The molecule has 0 spiro atoms. The molecule has 0 saturated carbocycles. The summed E-state index contributed by atoms with van der Waals surface area (Å²) in [4.78, 5) is 11.8. The van der Waals surface area contributed by atoms with Gasteiger partial charge >= 0.3 is 0 Å². The molecule has 1 aromatic carbocycles. The van der Waals surface area contributed by atoms with Crippen molar-refractivity contribution < 1.29 is 14.3 Å². The minimum Gasteiger partial charge on any atom is -0.399 e. The number of nitrogens with two attached hydrogens (primary N) is 1. The van der Waals surface area contributed by atoms with Crippen LogP contribution in [0.25, 0.3) is 0 Å². The summed E-state index contributed by atoms with van der Waals surface area (Å²) in [5.74, 6) is -0.164. The molecule has 1 aliphatic heterocycles. The maximum absolute atomic E-state index is 11.8. The van der Waals surface area contributed by atoms with Crippen LogP contribution in [0.1, 0.15) is 26.7 Å². The number of amides is 1. The fraction of sp³-hybridized carbons (Fsp3) is 0.533. The molecule has 1 amide bonds. The standard InChI is InChI=1S/C15H22N2O3/c1-10-6-14(7-11(2)20-10)19-9-15(18)17-13-5-3-4-12(16)8-13/h3-5,8,10-11,14H,6-7,9,16H2,1-2H3,(H,17,18). The highest BCUT2D eigenvalue weighted by atomic mass is 16.5. The van der Waals surface area contributed by atoms with E-state index in [4.69, 9.17) is 15.2 Å². The van der Waals surface area contributed by atoms with Crippen LogP contribution in [0.4, 0.5) is 11.4 Å². The zero-order chi connectivity index (χ0) is 14.5. The number of ether oxygens (including phenoxy) is 2. The quantitative estimate of drug-likeness (QED) is 0.828. The lowest BCUT2D eigenvalue weighted by molar-refractivity contribution is -0.131. The largest absolute Gasteiger partial charge is 0.399 e. The van der Waals surface area contributed by atoms with Gasteiger partial charge in [0.15, 0.2) is 0 Å². The van der Waals surface area contributed by atoms with Crippen molar-refractivity contribution in [1.29, 1.82) is 0 Å². The summed E-state index contributed by atoms with van der Waals surface area (Å²) < 4.78 is 11.3. The maximum atomic E-state index is 11.8. The van der Waals surface area contributed by atoms with Crippen LogP contribution in [0.15, 0.2) is 24.3 Å². The lowest BCUT2D eigenvalue weighted by Crippen LogP contribution is -2.35. The molecule has 1 aromatic rings. The molecule has 0 bridgehead atoms. The van der Waals surface area contributed by atoms with Crippen molar-refractivity contribution in [3.63, 3.8) is 0 Å². The summed E-state index contributed by atoms with van der Waals surface area (Å²) in [6.45, 7) is 4.11. The zero-order valence-electron chi connectivity index (χ0n) is 12.0. The Kier molecular flexibility index (Phi) is 4.98. The van der Waals surface area contributed by atoms with E-state index < -0.39 is 0 Å². The van der Waals surface area contributed by atoms with E-state index in [0.29, 0.717) is 11.4 Å². The highest BCUT2D eigenvalue weighted by molar-refractivity contribution is 5.92. The number of benzene rings is 1. The van der Waals surface area contributed by atoms with Gasteiger partial charge in [0.25, 0.3) is 0 Å². The van der Waals surface area contributed by atoms with Crippen LogP contribution in [-0.4, -0.2) is 30.8 Å². The molecule has 110 valence electrons. The summed E-state index contributed by atoms with van der Waals surface area (Å²) in [5.41, 5.74) is 6.97. The molecule has 1 heterocycles. The maximum Gasteiger partial charge on any atom is 0.250 e. The highest BCUT2D eigenvalue weighted by Gasteiger charge is 2.25. The van der Waals surface area contributed by atoms with Gasteiger partial charge in [-0.3, -0.25) is 4.79 Å². The smallest absolute Gasteiger partial charge is 0.250 e. The van der Waals surface area contributed by atoms with E-state index in [1.807, 2.05) is 13.8 Å². The summed E-state index contributed by atoms with van der Waals surface area (Å²) in [5, 5.41) is 2.77. The van der Waals surface area contributed by atoms with E-state index in [0.717, 1.165) is 12.8 Å². The lowest BCUT2D eigenvalue weighted by atomic mass is 10.0. The van der Waals surface area contributed by atoms with Gasteiger partial charge in [0.2, 0.25) is 5.91 Å². The SMILES string of the molecule is CC1CC(OCC(=O)Nc2cccc(N)c2)CC(C)O1. The van der Waals surface area contributed by atoms with Gasteiger partial charge in [0.1, 0.15) is 6.61 Å². The van der Waals surface area contributed by atoms with E-state index in [1.54, 1.807) is 24.3 Å². The fourth-order valence-corrected chi connectivity index (χ4v) is 2.49. The molecule has 1 saturated heterocycles. The normalized spacial score (nSPS) is 26.2. The van der Waals surface area contributed by atoms with Crippen LogP contribution in [0.5, 0.6) is 0 Å². The van der Waals surface area contributed by atoms with Crippen molar-refractivity contribution in [3.8, 4) is 0 Å². The van der Waals surface area contributed by atoms with Crippen LogP contribution in [-0.2, 0) is 14.3 Å². The molecule has 0 radical (unpaired) electrons. The molecular formula is C15H22N2O3. The van der Waals surface area contributed by atoms with E-state index >= 15 is 0 Å². The van der Waals surface area contributed by atoms with E-state index in [9.17, 15) is 4.79 Å². The molecule has 3 N–H and O–H groups in total. The number of hydrogen-bond donors (Lipinski definition) is 2. The number of nitrogens with one attached hydrogen (secondary N) is 1. The molecule has 2 rings (SSSR count). The van der Waals surface area contributed by atoms with Crippen LogP contribution >= 0.6 is 0 Å². The van der Waals surface area contributed by atoms with Crippen molar-refractivity contribution in [2.75, 3.05) is 17.7 Å². The fourth-order valence-electron chi connectivity index (χ4n) is 2.49. The zero-order valence-corrected chi connectivity index (χ0v) is 12.0. The second-order valence-corrected chi connectivity index (χ2v) is 5.34. The van der Waals surface area contributed by atoms with Gasteiger partial charge in [-0.05, 0) is 44.9 Å². The third kappa shape index (κ3) is 4.51. The number of rotatable bonds is 4. The molecule has 5 heteroatoms. The van der Waals surface area contributed by atoms with Crippen LogP contribution in [0.3, 0.4) is 0 Å². The predicted octanol–water partition coefficient (Wildman–Crippen LogP) is 2.18. The Labute approximate surface area is 119 Å². The second kappa shape index (κ2) is 6.72. The summed E-state index contributed by atoms with van der Waals surface area (Å²) in [7, 11) is 0. The van der Waals surface area contributed by atoms with Crippen LogP contribution in [0.2, 0.25) is 0 Å². The number of carbonyl (C=O) groups excluding carboxylic acids is 1. The summed E-state index contributed by atoms with van der Waals surface area (Å²) in [6, 6.07) is 7.09. The topological polar surface area (TPSA) is 73.6 Å². The van der Waals surface area contributed by atoms with E-state index in [2.05, 4.69) is 5.32 Å². The summed E-state index contributed by atoms with van der Waals surface area (Å²) >= 11 is 0. The average Bonchev–Trinajstić information content (AvgIpc) is 2.35. The number of anilines is 2. The van der Waals surface area contributed by atoms with Crippen molar-refractivity contribution in [3.05, 3.63) is 24.3 Å². The van der Waals surface area contributed by atoms with Gasteiger partial charge in [0.05, 0.1) is 18.3 Å². The molecule has 2 unspecified atom stereocenters. The predicted molar refractivity (Wildman–Crippen MR) is 78.5 cm³/mol. The van der Waals surface area contributed by atoms with Gasteiger partial charge in [0, 0.05) is 11.4 Å². The molecule has 5 nitrogen and oxygen atoms in total. The van der Waals surface area contributed by atoms with Crippen LogP contribution in [0, 0.1) is 0 Å². The van der Waals surface area contributed by atoms with Gasteiger partial charge in [-0.2, -0.15) is 0 Å². The molecule has 0 aromatic heterocycles. The first-order valence-electron chi connectivity index (χ1n) is 6.95. The Balaban J connectivity index is 1.77. The minimum atomic E-state index is -0.164. The summed E-state index contributed by atoms with van der Waals surface area (Å²) in [6.07, 6.45) is 2.10. The van der Waals surface area contributed by atoms with E-state index in [-0.39, 0.29) is 30.8 Å². The van der Waals surface area contributed by atoms with Gasteiger partial charge in [-0.15, -0.1) is 0 Å². The molecule has 0 aliphatic carbocycles. The third-order valence-corrected chi connectivity index (χ3v) is 3.27. The Hall–Kier alpha value is -1.59. The minimum absolute atomic E-state index is 0.0545. The second-order valence-electron chi connectivity index (χ2n) is 5.34. The van der Waals surface area contributed by atoms with Crippen molar-refractivity contribution in [1.82, 2.24) is 0 Å². The van der Waals surface area contributed by atoms with Crippen molar-refractivity contribution in [2.24, 2.45) is 0 Å². The van der Waals surface area contributed by atoms with E-state index in [1.165, 1.54) is 0 Å². The molecule has 1 aliphatic rings. The van der Waals surface area contributed by atoms with Gasteiger partial charge in [-0.1, -0.05) is 6.07 Å². The van der Waals surface area contributed by atoms with Gasteiger partial charge in [-0.25, -0.2) is 0 Å². The first-order chi connectivity index (χ1) is 9.52. The van der Waals surface area contributed by atoms with Crippen molar-refractivity contribution in [2.45, 2.75) is 45.0 Å². The number of carbonyl (C=O) groups is 1. The molecule has 1 fully saturated rings. The first kappa shape index (κ1) is 14.8. The van der Waals surface area contributed by atoms with Crippen molar-refractivity contribution >= 4 is 17.3 Å². The Morgan fingerprint density at radius 2 is 2.10 bits per heavy atom. The molecule has 20 heavy (non-hydrogen) atoms. The highest BCUT2D eigenvalue weighted by Crippen LogP contribution is 2.21. The lowest BCUT2D eigenvalue weighted by Gasteiger charge is -2.31. The Morgan fingerprint density at radius 3 is 2.75 bits per heavy atom. The number of nitrogen functional groups attached to an aromatic ring is 1. The molecule has 2 atom stereocenters. The Bertz CT molecular complexity index is 454. The number of hydrogen-bond acceptors (Lipinski definition) is 4. The van der Waals surface area contributed by atoms with Crippen LogP contribution < -0.4 is 11.1 Å². The van der Waals surface area contributed by atoms with Gasteiger partial charge < -0.3 is 20.5 Å². The Morgan fingerprint density at radius 1 is 1.40 bits per heavy atom.